The molecular weight excluding hydrogens is 377 g/mol. The van der Waals surface area contributed by atoms with Crippen molar-refractivity contribution in [2.24, 2.45) is 10.8 Å². The molecule has 1 unspecified atom stereocenters. The van der Waals surface area contributed by atoms with Crippen molar-refractivity contribution in [3.63, 3.8) is 0 Å². The second-order valence-electron chi connectivity index (χ2n) is 6.30. The molecule has 3 aromatic rings. The van der Waals surface area contributed by atoms with Crippen LogP contribution in [0.4, 0.5) is 15.8 Å². The number of anilines is 2. The van der Waals surface area contributed by atoms with Crippen LogP contribution < -0.4 is 16.1 Å². The maximum absolute atomic E-state index is 13.2. The van der Waals surface area contributed by atoms with Gasteiger partial charge in [0.2, 0.25) is 5.91 Å². The quantitative estimate of drug-likeness (QED) is 0.680. The molecule has 0 spiro atoms. The number of nitrogens with two attached hydrogens (primary N) is 1. The molecule has 0 saturated heterocycles. The Morgan fingerprint density at radius 3 is 2.59 bits per heavy atom. The summed E-state index contributed by atoms with van der Waals surface area (Å²) >= 11 is 0. The van der Waals surface area contributed by atoms with Gasteiger partial charge in [-0.05, 0) is 36.4 Å². The summed E-state index contributed by atoms with van der Waals surface area (Å²) in [4.78, 5) is 28.6. The Balaban J connectivity index is 1.60. The summed E-state index contributed by atoms with van der Waals surface area (Å²) in [6.07, 6.45) is 2.93. The minimum Gasteiger partial charge on any atom is -0.368 e. The topological polar surface area (TPSA) is 118 Å². The smallest absolute Gasteiger partial charge is 0.272 e. The van der Waals surface area contributed by atoms with Gasteiger partial charge in [0, 0.05) is 6.42 Å². The van der Waals surface area contributed by atoms with Crippen molar-refractivity contribution in [1.82, 2.24) is 14.8 Å². The van der Waals surface area contributed by atoms with Crippen molar-refractivity contribution in [3.05, 3.63) is 67.0 Å². The molecule has 2 heterocycles. The number of carbonyl (C=O) groups is 2. The third-order valence-electron chi connectivity index (χ3n) is 4.41. The predicted molar refractivity (Wildman–Crippen MR) is 104 cm³/mol. The van der Waals surface area contributed by atoms with Crippen LogP contribution in [0.25, 0.3) is 5.69 Å². The van der Waals surface area contributed by atoms with E-state index in [4.69, 9.17) is 5.73 Å². The molecule has 1 aliphatic heterocycles. The molecule has 3 N–H and O–H groups in total. The van der Waals surface area contributed by atoms with Crippen molar-refractivity contribution in [2.45, 2.75) is 12.5 Å². The zero-order valence-electron chi connectivity index (χ0n) is 15.1. The zero-order valence-corrected chi connectivity index (χ0v) is 15.1. The van der Waals surface area contributed by atoms with Crippen molar-refractivity contribution < 1.29 is 14.0 Å². The number of hydrogen-bond donors (Lipinski definition) is 2. The SMILES string of the molecule is NC(=O)C1CC(C(=O)Nc2ccccc2-n2cncn2)=NN1c1ccc(F)cc1. The lowest BCUT2D eigenvalue weighted by Crippen LogP contribution is -2.39. The average molecular weight is 393 g/mol. The van der Waals surface area contributed by atoms with E-state index in [-0.39, 0.29) is 12.1 Å². The first-order chi connectivity index (χ1) is 14.0. The highest BCUT2D eigenvalue weighted by Crippen LogP contribution is 2.26. The van der Waals surface area contributed by atoms with Gasteiger partial charge in [0.1, 0.15) is 30.2 Å². The first-order valence-electron chi connectivity index (χ1n) is 8.70. The van der Waals surface area contributed by atoms with Crippen LogP contribution in [0.3, 0.4) is 0 Å². The van der Waals surface area contributed by atoms with E-state index in [0.29, 0.717) is 17.1 Å². The van der Waals surface area contributed by atoms with Crippen LogP contribution in [0.2, 0.25) is 0 Å². The van der Waals surface area contributed by atoms with Crippen molar-refractivity contribution in [2.75, 3.05) is 10.3 Å². The van der Waals surface area contributed by atoms with E-state index in [9.17, 15) is 14.0 Å². The van der Waals surface area contributed by atoms with Gasteiger partial charge in [0.25, 0.3) is 5.91 Å². The Kier molecular flexibility index (Phi) is 4.73. The van der Waals surface area contributed by atoms with Crippen molar-refractivity contribution in [1.29, 1.82) is 0 Å². The molecule has 0 aliphatic carbocycles. The molecule has 0 saturated carbocycles. The van der Waals surface area contributed by atoms with Crippen LogP contribution >= 0.6 is 0 Å². The Bertz CT molecular complexity index is 1080. The number of hydrogen-bond acceptors (Lipinski definition) is 6. The fourth-order valence-electron chi connectivity index (χ4n) is 3.01. The maximum atomic E-state index is 13.2. The molecular formula is C19H16FN7O2. The minimum atomic E-state index is -0.841. The minimum absolute atomic E-state index is 0.0318. The molecule has 1 aromatic heterocycles. The largest absolute Gasteiger partial charge is 0.368 e. The number of para-hydroxylation sites is 2. The molecule has 146 valence electrons. The number of benzene rings is 2. The highest BCUT2D eigenvalue weighted by atomic mass is 19.1. The normalized spacial score (nSPS) is 15.8. The highest BCUT2D eigenvalue weighted by Gasteiger charge is 2.35. The maximum Gasteiger partial charge on any atom is 0.272 e. The predicted octanol–water partition coefficient (Wildman–Crippen LogP) is 1.47. The van der Waals surface area contributed by atoms with Crippen LogP contribution in [0.1, 0.15) is 6.42 Å². The summed E-state index contributed by atoms with van der Waals surface area (Å²) in [7, 11) is 0. The summed E-state index contributed by atoms with van der Waals surface area (Å²) in [6.45, 7) is 0. The number of amides is 2. The summed E-state index contributed by atoms with van der Waals surface area (Å²) in [5.41, 5.74) is 7.20. The van der Waals surface area contributed by atoms with E-state index in [0.717, 1.165) is 0 Å². The average Bonchev–Trinajstić information content (AvgIpc) is 3.39. The van der Waals surface area contributed by atoms with Crippen molar-refractivity contribution >= 4 is 28.9 Å². The molecule has 0 fully saturated rings. The molecule has 1 atom stereocenters. The Hall–Kier alpha value is -4.08. The van der Waals surface area contributed by atoms with E-state index in [1.807, 2.05) is 0 Å². The van der Waals surface area contributed by atoms with E-state index in [2.05, 4.69) is 20.5 Å². The van der Waals surface area contributed by atoms with Crippen LogP contribution in [0.5, 0.6) is 0 Å². The number of primary amides is 1. The Morgan fingerprint density at radius 1 is 1.14 bits per heavy atom. The lowest BCUT2D eigenvalue weighted by atomic mass is 10.1. The van der Waals surface area contributed by atoms with Crippen LogP contribution in [-0.4, -0.2) is 38.3 Å². The molecule has 2 aromatic carbocycles. The fourth-order valence-corrected chi connectivity index (χ4v) is 3.01. The number of hydrazone groups is 1. The number of nitrogens with one attached hydrogen (secondary N) is 1. The Labute approximate surface area is 164 Å². The lowest BCUT2D eigenvalue weighted by Gasteiger charge is -2.20. The van der Waals surface area contributed by atoms with Gasteiger partial charge >= 0.3 is 0 Å². The lowest BCUT2D eigenvalue weighted by molar-refractivity contribution is -0.119. The van der Waals surface area contributed by atoms with Gasteiger partial charge in [-0.2, -0.15) is 10.2 Å². The summed E-state index contributed by atoms with van der Waals surface area (Å²) in [5, 5.41) is 12.4. The molecule has 4 rings (SSSR count). The zero-order chi connectivity index (χ0) is 20.4. The number of carbonyl (C=O) groups excluding carboxylic acids is 2. The molecule has 29 heavy (non-hydrogen) atoms. The third kappa shape index (κ3) is 3.68. The van der Waals surface area contributed by atoms with E-state index >= 15 is 0 Å². The fraction of sp³-hybridized carbons (Fsp3) is 0.105. The molecule has 1 aliphatic rings. The molecule has 9 nitrogen and oxygen atoms in total. The van der Waals surface area contributed by atoms with Crippen LogP contribution in [0, 0.1) is 5.82 Å². The molecule has 0 radical (unpaired) electrons. The summed E-state index contributed by atoms with van der Waals surface area (Å²) in [6, 6.07) is 11.6. The second kappa shape index (κ2) is 7.50. The van der Waals surface area contributed by atoms with Gasteiger partial charge in [-0.3, -0.25) is 14.6 Å². The van der Waals surface area contributed by atoms with Gasteiger partial charge in [-0.1, -0.05) is 12.1 Å². The second-order valence-corrected chi connectivity index (χ2v) is 6.30. The van der Waals surface area contributed by atoms with Gasteiger partial charge in [-0.15, -0.1) is 0 Å². The first kappa shape index (κ1) is 18.3. The molecule has 2 amide bonds. The van der Waals surface area contributed by atoms with E-state index in [1.54, 1.807) is 24.3 Å². The molecule has 0 bridgehead atoms. The van der Waals surface area contributed by atoms with E-state index < -0.39 is 23.7 Å². The number of rotatable bonds is 5. The summed E-state index contributed by atoms with van der Waals surface area (Å²) < 4.78 is 14.7. The highest BCUT2D eigenvalue weighted by molar-refractivity contribution is 6.44. The first-order valence-corrected chi connectivity index (χ1v) is 8.70. The monoisotopic (exact) mass is 393 g/mol. The number of halogens is 1. The number of aromatic nitrogens is 3. The van der Waals surface area contributed by atoms with Gasteiger partial charge in [-0.25, -0.2) is 14.1 Å². The van der Waals surface area contributed by atoms with E-state index in [1.165, 1.54) is 46.6 Å². The van der Waals surface area contributed by atoms with Gasteiger partial charge in [0.15, 0.2) is 0 Å². The van der Waals surface area contributed by atoms with Gasteiger partial charge in [0.05, 0.1) is 17.1 Å². The standard InChI is InChI=1S/C19H16FN7O2/c20-12-5-7-13(8-6-12)27-17(18(21)28)9-15(25-27)19(29)24-14-3-1-2-4-16(14)26-11-22-10-23-26/h1-8,10-11,17H,9H2,(H2,21,28)(H,24,29). The summed E-state index contributed by atoms with van der Waals surface area (Å²) in [5.74, 6) is -1.53. The third-order valence-corrected chi connectivity index (χ3v) is 4.41. The van der Waals surface area contributed by atoms with Crippen LogP contribution in [-0.2, 0) is 9.59 Å². The van der Waals surface area contributed by atoms with Crippen molar-refractivity contribution in [3.8, 4) is 5.69 Å². The number of nitrogens with zero attached hydrogens (tertiary/aromatic N) is 5. The van der Waals surface area contributed by atoms with Crippen LogP contribution in [0.15, 0.2) is 66.3 Å². The Morgan fingerprint density at radius 2 is 1.90 bits per heavy atom. The van der Waals surface area contributed by atoms with Gasteiger partial charge < -0.3 is 11.1 Å². The molecule has 10 heteroatoms.